The van der Waals surface area contributed by atoms with Gasteiger partial charge in [0.2, 0.25) is 0 Å². The maximum atomic E-state index is 2.66. The van der Waals surface area contributed by atoms with Crippen molar-refractivity contribution in [2.45, 2.75) is 52.5 Å². The second-order valence-corrected chi connectivity index (χ2v) is 4.22. The van der Waals surface area contributed by atoms with Crippen LogP contribution in [0, 0.1) is 5.92 Å². The molecule has 2 atom stereocenters. The lowest BCUT2D eigenvalue weighted by Crippen LogP contribution is -2.40. The summed E-state index contributed by atoms with van der Waals surface area (Å²) < 4.78 is 0. The molecule has 1 nitrogen and oxygen atoms in total. The van der Waals surface area contributed by atoms with Crippen LogP contribution in [0.2, 0.25) is 0 Å². The van der Waals surface area contributed by atoms with E-state index in [2.05, 4.69) is 25.7 Å². The molecule has 1 aliphatic heterocycles. The Bertz CT molecular complexity index is 116. The van der Waals surface area contributed by atoms with Gasteiger partial charge in [0.25, 0.3) is 0 Å². The second kappa shape index (κ2) is 4.86. The smallest absolute Gasteiger partial charge is 0.00924 e. The number of piperidine rings is 1. The molecule has 0 aliphatic carbocycles. The van der Waals surface area contributed by atoms with Gasteiger partial charge < -0.3 is 4.90 Å². The summed E-state index contributed by atoms with van der Waals surface area (Å²) >= 11 is 0. The number of likely N-dealkylation sites (tertiary alicyclic amines) is 1. The molecule has 0 radical (unpaired) electrons. The summed E-state index contributed by atoms with van der Waals surface area (Å²) in [6.45, 7) is 9.74. The third-order valence-corrected chi connectivity index (χ3v) is 3.43. The maximum absolute atomic E-state index is 2.66. The van der Waals surface area contributed by atoms with Crippen molar-refractivity contribution < 1.29 is 0 Å². The van der Waals surface area contributed by atoms with Gasteiger partial charge >= 0.3 is 0 Å². The summed E-state index contributed by atoms with van der Waals surface area (Å²) in [4.78, 5) is 2.66. The van der Waals surface area contributed by atoms with Crippen molar-refractivity contribution in [3.63, 3.8) is 0 Å². The highest BCUT2D eigenvalue weighted by Gasteiger charge is 2.20. The van der Waals surface area contributed by atoms with Gasteiger partial charge in [0.05, 0.1) is 0 Å². The summed E-state index contributed by atoms with van der Waals surface area (Å²) in [6, 6.07) is 0.801. The highest BCUT2D eigenvalue weighted by molar-refractivity contribution is 4.74. The van der Waals surface area contributed by atoms with Gasteiger partial charge in [0, 0.05) is 6.04 Å². The van der Waals surface area contributed by atoms with E-state index in [1.165, 1.54) is 38.8 Å². The first kappa shape index (κ1) is 10.0. The average molecular weight is 169 g/mol. The quantitative estimate of drug-likeness (QED) is 0.628. The van der Waals surface area contributed by atoms with E-state index < -0.39 is 0 Å². The predicted octanol–water partition coefficient (Wildman–Crippen LogP) is 2.91. The molecular weight excluding hydrogens is 146 g/mol. The molecule has 1 aliphatic rings. The van der Waals surface area contributed by atoms with Crippen molar-refractivity contribution >= 4 is 0 Å². The summed E-state index contributed by atoms with van der Waals surface area (Å²) in [5.41, 5.74) is 0. The van der Waals surface area contributed by atoms with Crippen LogP contribution in [0.25, 0.3) is 0 Å². The Balaban J connectivity index is 2.33. The minimum atomic E-state index is 0.801. The van der Waals surface area contributed by atoms with E-state index in [-0.39, 0.29) is 0 Å². The molecular formula is C11H23N. The van der Waals surface area contributed by atoms with Gasteiger partial charge in [0.15, 0.2) is 0 Å². The Labute approximate surface area is 77.1 Å². The Morgan fingerprint density at radius 2 is 1.67 bits per heavy atom. The van der Waals surface area contributed by atoms with Crippen LogP contribution in [0.15, 0.2) is 0 Å². The molecule has 12 heavy (non-hydrogen) atoms. The monoisotopic (exact) mass is 169 g/mol. The molecule has 1 saturated heterocycles. The lowest BCUT2D eigenvalue weighted by molar-refractivity contribution is 0.132. The third-order valence-electron chi connectivity index (χ3n) is 3.43. The largest absolute Gasteiger partial charge is 0.300 e. The van der Waals surface area contributed by atoms with Gasteiger partial charge in [-0.3, -0.25) is 0 Å². The maximum Gasteiger partial charge on any atom is 0.00924 e. The van der Waals surface area contributed by atoms with Crippen LogP contribution in [0.1, 0.15) is 46.5 Å². The van der Waals surface area contributed by atoms with Gasteiger partial charge in [-0.25, -0.2) is 0 Å². The zero-order valence-corrected chi connectivity index (χ0v) is 8.84. The number of hydrogen-bond donors (Lipinski definition) is 0. The fourth-order valence-electron chi connectivity index (χ4n) is 2.03. The summed E-state index contributed by atoms with van der Waals surface area (Å²) in [5, 5.41) is 0. The first-order valence-electron chi connectivity index (χ1n) is 5.49. The lowest BCUT2D eigenvalue weighted by atomic mass is 9.97. The van der Waals surface area contributed by atoms with E-state index in [9.17, 15) is 0 Å². The van der Waals surface area contributed by atoms with Crippen LogP contribution in [-0.2, 0) is 0 Å². The van der Waals surface area contributed by atoms with Crippen molar-refractivity contribution in [3.05, 3.63) is 0 Å². The summed E-state index contributed by atoms with van der Waals surface area (Å²) in [7, 11) is 0. The molecule has 0 spiro atoms. The van der Waals surface area contributed by atoms with Gasteiger partial charge in [-0.1, -0.05) is 26.7 Å². The molecule has 1 heteroatoms. The van der Waals surface area contributed by atoms with Crippen LogP contribution in [-0.4, -0.2) is 24.0 Å². The number of hydrogen-bond acceptors (Lipinski definition) is 1. The SMILES string of the molecule is CCC(C)[C@@H](C)N1CCCCC1. The molecule has 0 amide bonds. The van der Waals surface area contributed by atoms with Gasteiger partial charge in [0.1, 0.15) is 0 Å². The fourth-order valence-corrected chi connectivity index (χ4v) is 2.03. The topological polar surface area (TPSA) is 3.24 Å². The van der Waals surface area contributed by atoms with E-state index in [0.29, 0.717) is 0 Å². The Kier molecular flexibility index (Phi) is 4.07. The Morgan fingerprint density at radius 1 is 1.08 bits per heavy atom. The molecule has 1 unspecified atom stereocenters. The highest BCUT2D eigenvalue weighted by Crippen LogP contribution is 2.18. The first-order valence-corrected chi connectivity index (χ1v) is 5.49. The zero-order chi connectivity index (χ0) is 8.97. The zero-order valence-electron chi connectivity index (χ0n) is 8.84. The standard InChI is InChI=1S/C11H23N/c1-4-10(2)11(3)12-8-6-5-7-9-12/h10-11H,4-9H2,1-3H3/t10?,11-/m1/s1. The lowest BCUT2D eigenvalue weighted by Gasteiger charge is -2.35. The van der Waals surface area contributed by atoms with Gasteiger partial charge in [-0.2, -0.15) is 0 Å². The number of rotatable bonds is 3. The molecule has 1 heterocycles. The minimum absolute atomic E-state index is 0.801. The van der Waals surface area contributed by atoms with Crippen molar-refractivity contribution in [2.75, 3.05) is 13.1 Å². The highest BCUT2D eigenvalue weighted by atomic mass is 15.2. The molecule has 0 aromatic heterocycles. The van der Waals surface area contributed by atoms with Crippen LogP contribution in [0.3, 0.4) is 0 Å². The van der Waals surface area contributed by atoms with Crippen molar-refractivity contribution in [1.29, 1.82) is 0 Å². The first-order chi connectivity index (χ1) is 5.75. The Morgan fingerprint density at radius 3 is 2.17 bits per heavy atom. The van der Waals surface area contributed by atoms with E-state index >= 15 is 0 Å². The molecule has 0 N–H and O–H groups in total. The van der Waals surface area contributed by atoms with Crippen LogP contribution < -0.4 is 0 Å². The predicted molar refractivity (Wildman–Crippen MR) is 54.3 cm³/mol. The molecule has 0 aromatic carbocycles. The van der Waals surface area contributed by atoms with E-state index in [0.717, 1.165) is 12.0 Å². The summed E-state index contributed by atoms with van der Waals surface area (Å²) in [6.07, 6.45) is 5.60. The minimum Gasteiger partial charge on any atom is -0.300 e. The van der Waals surface area contributed by atoms with Crippen molar-refractivity contribution in [1.82, 2.24) is 4.90 Å². The van der Waals surface area contributed by atoms with Gasteiger partial charge in [-0.15, -0.1) is 0 Å². The fraction of sp³-hybridized carbons (Fsp3) is 1.00. The molecule has 1 fully saturated rings. The number of nitrogens with zero attached hydrogens (tertiary/aromatic N) is 1. The normalized spacial score (nSPS) is 25.2. The van der Waals surface area contributed by atoms with Crippen LogP contribution in [0.5, 0.6) is 0 Å². The van der Waals surface area contributed by atoms with Gasteiger partial charge in [-0.05, 0) is 38.8 Å². The van der Waals surface area contributed by atoms with E-state index in [4.69, 9.17) is 0 Å². The third kappa shape index (κ3) is 2.48. The molecule has 0 saturated carbocycles. The van der Waals surface area contributed by atoms with Crippen molar-refractivity contribution in [3.8, 4) is 0 Å². The van der Waals surface area contributed by atoms with Crippen LogP contribution in [0.4, 0.5) is 0 Å². The van der Waals surface area contributed by atoms with Crippen LogP contribution >= 0.6 is 0 Å². The van der Waals surface area contributed by atoms with E-state index in [1.54, 1.807) is 0 Å². The average Bonchev–Trinajstić information content (AvgIpc) is 2.17. The molecule has 0 bridgehead atoms. The summed E-state index contributed by atoms with van der Waals surface area (Å²) in [5.74, 6) is 0.864. The van der Waals surface area contributed by atoms with Crippen molar-refractivity contribution in [2.24, 2.45) is 5.92 Å². The molecule has 1 rings (SSSR count). The Hall–Kier alpha value is -0.0400. The van der Waals surface area contributed by atoms with E-state index in [1.807, 2.05) is 0 Å². The molecule has 0 aromatic rings. The second-order valence-electron chi connectivity index (χ2n) is 4.22. The molecule has 72 valence electrons.